The lowest BCUT2D eigenvalue weighted by molar-refractivity contribution is -0.112. The third-order valence-corrected chi connectivity index (χ3v) is 5.98. The van der Waals surface area contributed by atoms with Crippen LogP contribution in [0.3, 0.4) is 0 Å². The molecular formula is C30H44ClFN6O2. The number of aromatic nitrogens is 3. The number of fused-ring (bicyclic) bond motifs is 1. The van der Waals surface area contributed by atoms with E-state index in [1.54, 1.807) is 26.1 Å². The summed E-state index contributed by atoms with van der Waals surface area (Å²) in [4.78, 5) is 28.4. The molecule has 220 valence electrons. The minimum Gasteiger partial charge on any atom is -0.397 e. The van der Waals surface area contributed by atoms with Crippen molar-refractivity contribution in [3.8, 4) is 0 Å². The minimum absolute atomic E-state index is 0.00264. The van der Waals surface area contributed by atoms with Crippen LogP contribution in [0.4, 0.5) is 21.7 Å². The quantitative estimate of drug-likeness (QED) is 0.288. The fraction of sp³-hybridized carbons (Fsp3) is 0.433. The highest BCUT2D eigenvalue weighted by atomic mass is 35.5. The van der Waals surface area contributed by atoms with Gasteiger partial charge in [0.1, 0.15) is 23.8 Å². The number of hydrogen-bond acceptors (Lipinski definition) is 6. The molecule has 1 aliphatic heterocycles. The van der Waals surface area contributed by atoms with Crippen molar-refractivity contribution in [1.82, 2.24) is 19.9 Å². The highest BCUT2D eigenvalue weighted by molar-refractivity contribution is 6.36. The van der Waals surface area contributed by atoms with Crippen LogP contribution in [0.5, 0.6) is 0 Å². The van der Waals surface area contributed by atoms with Crippen molar-refractivity contribution in [2.45, 2.75) is 54.9 Å². The summed E-state index contributed by atoms with van der Waals surface area (Å²) in [7, 11) is 3.78. The van der Waals surface area contributed by atoms with Gasteiger partial charge in [-0.25, -0.2) is 14.4 Å². The van der Waals surface area contributed by atoms with E-state index in [9.17, 15) is 9.18 Å². The lowest BCUT2D eigenvalue weighted by Gasteiger charge is -2.11. The van der Waals surface area contributed by atoms with E-state index in [-0.39, 0.29) is 17.5 Å². The number of aliphatic hydroxyl groups is 1. The van der Waals surface area contributed by atoms with Crippen molar-refractivity contribution < 1.29 is 14.3 Å². The van der Waals surface area contributed by atoms with E-state index in [1.807, 2.05) is 19.9 Å². The second kappa shape index (κ2) is 17.4. The van der Waals surface area contributed by atoms with Gasteiger partial charge in [-0.05, 0) is 76.8 Å². The van der Waals surface area contributed by atoms with Crippen LogP contribution in [0.15, 0.2) is 30.6 Å². The maximum Gasteiger partial charge on any atom is 0.260 e. The Morgan fingerprint density at radius 2 is 1.73 bits per heavy atom. The van der Waals surface area contributed by atoms with Crippen LogP contribution in [-0.2, 0) is 4.79 Å². The lowest BCUT2D eigenvalue weighted by Crippen LogP contribution is -2.21. The van der Waals surface area contributed by atoms with Gasteiger partial charge in [-0.1, -0.05) is 45.7 Å². The van der Waals surface area contributed by atoms with Crippen LogP contribution in [0, 0.1) is 19.7 Å². The molecule has 1 aromatic carbocycles. The van der Waals surface area contributed by atoms with Gasteiger partial charge in [-0.2, -0.15) is 0 Å². The second-order valence-corrected chi connectivity index (χ2v) is 9.57. The average Bonchev–Trinajstić information content (AvgIpc) is 3.37. The van der Waals surface area contributed by atoms with E-state index in [1.165, 1.54) is 29.8 Å². The molecule has 0 aliphatic carbocycles. The Morgan fingerprint density at radius 1 is 1.12 bits per heavy atom. The van der Waals surface area contributed by atoms with Gasteiger partial charge in [-0.15, -0.1) is 0 Å². The predicted octanol–water partition coefficient (Wildman–Crippen LogP) is 6.85. The van der Waals surface area contributed by atoms with Gasteiger partial charge in [0.2, 0.25) is 0 Å². The van der Waals surface area contributed by atoms with Gasteiger partial charge in [-0.3, -0.25) is 9.69 Å². The molecule has 0 unspecified atom stereocenters. The fourth-order valence-electron chi connectivity index (χ4n) is 3.47. The maximum absolute atomic E-state index is 13.5. The molecule has 3 N–H and O–H groups in total. The number of hydrogen-bond donors (Lipinski definition) is 3. The molecule has 40 heavy (non-hydrogen) atoms. The Bertz CT molecular complexity index is 1250. The molecule has 0 saturated carbocycles. The van der Waals surface area contributed by atoms with Crippen LogP contribution in [0.25, 0.3) is 11.6 Å². The van der Waals surface area contributed by atoms with E-state index in [4.69, 9.17) is 16.7 Å². The second-order valence-electron chi connectivity index (χ2n) is 9.16. The van der Waals surface area contributed by atoms with Crippen molar-refractivity contribution in [3.05, 3.63) is 63.9 Å². The molecule has 0 radical (unpaired) electrons. The number of aryl methyl sites for hydroxylation is 2. The molecule has 0 spiro atoms. The van der Waals surface area contributed by atoms with Gasteiger partial charge < -0.3 is 20.3 Å². The lowest BCUT2D eigenvalue weighted by atomic mass is 10.1. The number of carbonyl (C=O) groups excluding carboxylic acids is 1. The standard InChI is InChI=1S/C20H17ClFN5O.C5H13N.C3H8.C2H6O/c1-10-6-11(2)25-16(10)8-13-17-18(23-9-24-19(17)27(3)20(13)28)26-12-4-5-15(22)14(21)7-12;1-4-6(3)5-2;1-3-2;1-2-3/h4-9,25H,1-3H3,(H,23,24,26);4-5H2,1-3H3;3H2,1-2H3;3H,2H2,1H3/b13-8-;;;. The van der Waals surface area contributed by atoms with Gasteiger partial charge in [0.25, 0.3) is 5.91 Å². The number of carbonyl (C=O) groups is 1. The number of halogens is 2. The average molecular weight is 575 g/mol. The zero-order chi connectivity index (χ0) is 30.4. The Hall–Kier alpha value is -3.27. The summed E-state index contributed by atoms with van der Waals surface area (Å²) in [6.45, 7) is 16.8. The Morgan fingerprint density at radius 3 is 2.20 bits per heavy atom. The first kappa shape index (κ1) is 34.8. The highest BCUT2D eigenvalue weighted by Gasteiger charge is 2.34. The number of aliphatic hydroxyl groups excluding tert-OH is 1. The third-order valence-electron chi connectivity index (χ3n) is 5.69. The number of anilines is 3. The van der Waals surface area contributed by atoms with Crippen molar-refractivity contribution in [2.75, 3.05) is 44.0 Å². The van der Waals surface area contributed by atoms with Crippen LogP contribution in [0.1, 0.15) is 63.6 Å². The number of rotatable bonds is 5. The van der Waals surface area contributed by atoms with E-state index in [2.05, 4.69) is 59.9 Å². The minimum atomic E-state index is -0.506. The molecule has 10 heteroatoms. The predicted molar refractivity (Wildman–Crippen MR) is 166 cm³/mol. The van der Waals surface area contributed by atoms with E-state index in [0.717, 1.165) is 30.0 Å². The van der Waals surface area contributed by atoms with E-state index in [0.29, 0.717) is 28.5 Å². The zero-order valence-corrected chi connectivity index (χ0v) is 25.9. The Kier molecular flexibility index (Phi) is 15.1. The molecule has 1 amide bonds. The van der Waals surface area contributed by atoms with Crippen LogP contribution < -0.4 is 10.2 Å². The number of H-pyrrole nitrogens is 1. The molecule has 0 saturated heterocycles. The summed E-state index contributed by atoms with van der Waals surface area (Å²) in [5.74, 6) is 0.260. The topological polar surface area (TPSA) is 97.4 Å². The van der Waals surface area contributed by atoms with Crippen molar-refractivity contribution in [1.29, 1.82) is 0 Å². The smallest absolute Gasteiger partial charge is 0.260 e. The highest BCUT2D eigenvalue weighted by Crippen LogP contribution is 2.40. The summed E-state index contributed by atoms with van der Waals surface area (Å²) >= 11 is 5.87. The number of amides is 1. The molecule has 1 aliphatic rings. The SMILES string of the molecule is CCC.CCN(C)CC.CCO.Cc1cc(C)c(/C=C2\C(=O)N(C)c3ncnc(Nc4ccc(F)c(Cl)c4)c32)[nH]1. The summed E-state index contributed by atoms with van der Waals surface area (Å²) in [5, 5.41) is 10.7. The molecule has 4 rings (SSSR count). The van der Waals surface area contributed by atoms with E-state index >= 15 is 0 Å². The first-order valence-corrected chi connectivity index (χ1v) is 13.9. The Labute approximate surface area is 243 Å². The monoisotopic (exact) mass is 574 g/mol. The number of nitrogens with zero attached hydrogens (tertiary/aromatic N) is 4. The molecule has 0 fully saturated rings. The number of likely N-dealkylation sites (N-methyl/N-ethyl adjacent to an activating group) is 1. The number of benzene rings is 1. The summed E-state index contributed by atoms with van der Waals surface area (Å²) < 4.78 is 13.5. The summed E-state index contributed by atoms with van der Waals surface area (Å²) in [6.07, 6.45) is 4.43. The fourth-order valence-corrected chi connectivity index (χ4v) is 3.65. The first-order valence-electron chi connectivity index (χ1n) is 13.5. The Balaban J connectivity index is 0.000000568. The summed E-state index contributed by atoms with van der Waals surface area (Å²) in [5.41, 5.74) is 4.50. The van der Waals surface area contributed by atoms with Crippen LogP contribution in [0.2, 0.25) is 5.02 Å². The van der Waals surface area contributed by atoms with Gasteiger partial charge in [0.05, 0.1) is 16.2 Å². The van der Waals surface area contributed by atoms with Gasteiger partial charge >= 0.3 is 0 Å². The number of nitrogens with one attached hydrogen (secondary N) is 2. The molecule has 0 bridgehead atoms. The largest absolute Gasteiger partial charge is 0.397 e. The molecular weight excluding hydrogens is 531 g/mol. The van der Waals surface area contributed by atoms with Crippen molar-refractivity contribution >= 4 is 46.5 Å². The van der Waals surface area contributed by atoms with Gasteiger partial charge in [0.15, 0.2) is 0 Å². The number of aromatic amines is 1. The van der Waals surface area contributed by atoms with Crippen molar-refractivity contribution in [2.24, 2.45) is 0 Å². The molecule has 8 nitrogen and oxygen atoms in total. The van der Waals surface area contributed by atoms with Crippen LogP contribution in [-0.4, -0.2) is 64.7 Å². The molecule has 3 aromatic rings. The molecule has 0 atom stereocenters. The first-order chi connectivity index (χ1) is 19.0. The molecule has 3 heterocycles. The molecule has 2 aromatic heterocycles. The normalized spacial score (nSPS) is 12.7. The van der Waals surface area contributed by atoms with Crippen LogP contribution >= 0.6 is 11.6 Å². The summed E-state index contributed by atoms with van der Waals surface area (Å²) in [6, 6.07) is 6.30. The zero-order valence-electron chi connectivity index (χ0n) is 25.2. The van der Waals surface area contributed by atoms with E-state index < -0.39 is 5.82 Å². The third kappa shape index (κ3) is 9.73. The maximum atomic E-state index is 13.5. The van der Waals surface area contributed by atoms with Gasteiger partial charge in [0, 0.05) is 30.7 Å². The van der Waals surface area contributed by atoms with Crippen molar-refractivity contribution in [3.63, 3.8) is 0 Å².